The molecule has 0 N–H and O–H groups in total. The number of nitrogens with zero attached hydrogens (tertiary/aromatic N) is 2. The average molecular weight is 487 g/mol. The summed E-state index contributed by atoms with van der Waals surface area (Å²) < 4.78 is 0. The lowest BCUT2D eigenvalue weighted by atomic mass is 9.63. The molecule has 0 aliphatic heterocycles. The second kappa shape index (κ2) is 10.6. The van der Waals surface area contributed by atoms with Gasteiger partial charge in [-0.1, -0.05) is 72.6 Å². The van der Waals surface area contributed by atoms with Crippen LogP contribution >= 0.6 is 0 Å². The quantitative estimate of drug-likeness (QED) is 0.226. The average Bonchev–Trinajstić information content (AvgIpc) is 3.57. The minimum Gasteiger partial charge on any atom is -0.300 e. The van der Waals surface area contributed by atoms with Gasteiger partial charge < -0.3 is 9.80 Å². The van der Waals surface area contributed by atoms with Crippen LogP contribution < -0.4 is 0 Å². The molecule has 35 heavy (non-hydrogen) atoms. The monoisotopic (exact) mass is 486 g/mol. The maximum atomic E-state index is 2.77. The summed E-state index contributed by atoms with van der Waals surface area (Å²) in [6, 6.07) is 0. The van der Waals surface area contributed by atoms with Crippen LogP contribution in [-0.2, 0) is 0 Å². The first-order chi connectivity index (χ1) is 16.5. The van der Waals surface area contributed by atoms with Crippen molar-refractivity contribution < 1.29 is 0 Å². The number of fused-ring (bicyclic) bond motifs is 4. The van der Waals surface area contributed by atoms with E-state index in [2.05, 4.69) is 65.4 Å². The molecule has 2 nitrogen and oxygen atoms in total. The van der Waals surface area contributed by atoms with Gasteiger partial charge in [0.05, 0.1) is 0 Å². The van der Waals surface area contributed by atoms with Crippen LogP contribution in [0.2, 0.25) is 0 Å². The first kappa shape index (κ1) is 27.9. The standard InChI is InChI=1S/C33H62N2/c1-30(2)26-18-20-28(24-26)32(30,5)34(7)22-16-14-12-10-9-11-13-15-17-23-35(8)33(6)29-21-19-27(25-29)31(33,3)4/h26-29H,9-25H2,1-8H3/t26-,27-,28+,29+,32-,33-/m0/s1. The first-order valence-corrected chi connectivity index (χ1v) is 15.9. The van der Waals surface area contributed by atoms with Crippen molar-refractivity contribution in [1.29, 1.82) is 0 Å². The highest BCUT2D eigenvalue weighted by Crippen LogP contribution is 2.64. The van der Waals surface area contributed by atoms with Gasteiger partial charge in [-0.15, -0.1) is 0 Å². The molecule has 2 heteroatoms. The Morgan fingerprint density at radius 1 is 0.457 bits per heavy atom. The number of hydrogen-bond donors (Lipinski definition) is 0. The van der Waals surface area contributed by atoms with Gasteiger partial charge in [-0.3, -0.25) is 0 Å². The number of hydrogen-bond acceptors (Lipinski definition) is 2. The van der Waals surface area contributed by atoms with E-state index >= 15 is 0 Å². The van der Waals surface area contributed by atoms with E-state index in [-0.39, 0.29) is 0 Å². The van der Waals surface area contributed by atoms with Crippen molar-refractivity contribution in [3.05, 3.63) is 0 Å². The summed E-state index contributed by atoms with van der Waals surface area (Å²) in [4.78, 5) is 5.54. The summed E-state index contributed by atoms with van der Waals surface area (Å²) in [6.45, 7) is 18.0. The van der Waals surface area contributed by atoms with Crippen LogP contribution in [0.15, 0.2) is 0 Å². The molecular weight excluding hydrogens is 424 g/mol. The van der Waals surface area contributed by atoms with E-state index in [4.69, 9.17) is 0 Å². The minimum atomic E-state index is 0.425. The van der Waals surface area contributed by atoms with Crippen LogP contribution in [-0.4, -0.2) is 48.1 Å². The maximum absolute atomic E-state index is 2.77. The largest absolute Gasteiger partial charge is 0.300 e. The molecule has 0 amide bonds. The Labute approximate surface area is 220 Å². The fraction of sp³-hybridized carbons (Fsp3) is 1.00. The second-order valence-corrected chi connectivity index (χ2v) is 15.2. The van der Waals surface area contributed by atoms with E-state index in [0.717, 1.165) is 23.7 Å². The number of unbranched alkanes of at least 4 members (excludes halogenated alkanes) is 8. The molecule has 204 valence electrons. The maximum Gasteiger partial charge on any atom is 0.0260 e. The van der Waals surface area contributed by atoms with Crippen LogP contribution in [0.5, 0.6) is 0 Å². The molecule has 4 saturated carbocycles. The van der Waals surface area contributed by atoms with Gasteiger partial charge in [-0.2, -0.15) is 0 Å². The predicted octanol–water partition coefficient (Wildman–Crippen LogP) is 8.79. The van der Waals surface area contributed by atoms with E-state index in [0.29, 0.717) is 21.9 Å². The molecule has 4 rings (SSSR count). The van der Waals surface area contributed by atoms with Crippen molar-refractivity contribution in [3.63, 3.8) is 0 Å². The zero-order valence-electron chi connectivity index (χ0n) is 25.2. The molecule has 0 unspecified atom stereocenters. The Morgan fingerprint density at radius 2 is 0.743 bits per heavy atom. The van der Waals surface area contributed by atoms with Gasteiger partial charge in [0.1, 0.15) is 0 Å². The smallest absolute Gasteiger partial charge is 0.0260 e. The predicted molar refractivity (Wildman–Crippen MR) is 153 cm³/mol. The Kier molecular flexibility index (Phi) is 8.45. The highest BCUT2D eigenvalue weighted by atomic mass is 15.2. The van der Waals surface area contributed by atoms with Gasteiger partial charge >= 0.3 is 0 Å². The Morgan fingerprint density at radius 3 is 1.03 bits per heavy atom. The van der Waals surface area contributed by atoms with Crippen LogP contribution in [0.25, 0.3) is 0 Å². The Hall–Kier alpha value is -0.0800. The summed E-state index contributed by atoms with van der Waals surface area (Å²) in [7, 11) is 4.86. The third-order valence-electron chi connectivity index (χ3n) is 13.7. The molecule has 4 aliphatic rings. The highest BCUT2D eigenvalue weighted by molar-refractivity contribution is 5.15. The fourth-order valence-corrected chi connectivity index (χ4v) is 10.2. The molecule has 6 atom stereocenters. The lowest BCUT2D eigenvalue weighted by Gasteiger charge is -2.53. The molecular formula is C33H62N2. The summed E-state index contributed by atoms with van der Waals surface area (Å²) in [5, 5.41) is 0. The molecule has 0 heterocycles. The molecule has 0 aromatic carbocycles. The summed E-state index contributed by atoms with van der Waals surface area (Å²) in [6.07, 6.45) is 21.8. The van der Waals surface area contributed by atoms with E-state index in [1.54, 1.807) is 0 Å². The van der Waals surface area contributed by atoms with Gasteiger partial charge in [0.15, 0.2) is 0 Å². The highest BCUT2D eigenvalue weighted by Gasteiger charge is 2.62. The van der Waals surface area contributed by atoms with E-state index in [1.165, 1.54) is 109 Å². The third kappa shape index (κ3) is 4.68. The van der Waals surface area contributed by atoms with Crippen LogP contribution in [0, 0.1) is 34.5 Å². The van der Waals surface area contributed by atoms with Gasteiger partial charge in [0, 0.05) is 11.1 Å². The zero-order valence-corrected chi connectivity index (χ0v) is 25.2. The molecule has 0 radical (unpaired) electrons. The van der Waals surface area contributed by atoms with E-state index < -0.39 is 0 Å². The summed E-state index contributed by atoms with van der Waals surface area (Å²) in [5.74, 6) is 3.81. The SMILES string of the molecule is CN(CCCCCCCCCCCN(C)[C@@]1(C)[C@@H]2CC[C@@H](C2)C1(C)C)[C@@]1(C)[C@@H]2CC[C@@H](C2)C1(C)C. The van der Waals surface area contributed by atoms with Crippen molar-refractivity contribution in [1.82, 2.24) is 9.80 Å². The zero-order chi connectivity index (χ0) is 25.5. The molecule has 0 aromatic heterocycles. The second-order valence-electron chi connectivity index (χ2n) is 15.2. The fourth-order valence-electron chi connectivity index (χ4n) is 10.2. The molecule has 4 fully saturated rings. The summed E-state index contributed by atoms with van der Waals surface area (Å²) >= 11 is 0. The Bertz CT molecular complexity index is 639. The third-order valence-corrected chi connectivity index (χ3v) is 13.7. The van der Waals surface area contributed by atoms with Gasteiger partial charge in [-0.25, -0.2) is 0 Å². The lowest BCUT2D eigenvalue weighted by molar-refractivity contribution is -0.0311. The molecule has 0 spiro atoms. The van der Waals surface area contributed by atoms with Crippen molar-refractivity contribution >= 4 is 0 Å². The normalized spacial score (nSPS) is 38.9. The molecule has 4 bridgehead atoms. The minimum absolute atomic E-state index is 0.425. The molecule has 0 aromatic rings. The van der Waals surface area contributed by atoms with Crippen molar-refractivity contribution in [3.8, 4) is 0 Å². The van der Waals surface area contributed by atoms with Gasteiger partial charge in [0.25, 0.3) is 0 Å². The first-order valence-electron chi connectivity index (χ1n) is 15.9. The van der Waals surface area contributed by atoms with Gasteiger partial charge in [-0.05, 0) is 127 Å². The van der Waals surface area contributed by atoms with E-state index in [9.17, 15) is 0 Å². The molecule has 4 aliphatic carbocycles. The van der Waals surface area contributed by atoms with Crippen LogP contribution in [0.3, 0.4) is 0 Å². The van der Waals surface area contributed by atoms with Gasteiger partial charge in [0.2, 0.25) is 0 Å². The Balaban J connectivity index is 1.02. The lowest BCUT2D eigenvalue weighted by Crippen LogP contribution is -2.58. The van der Waals surface area contributed by atoms with Crippen LogP contribution in [0.1, 0.15) is 138 Å². The van der Waals surface area contributed by atoms with E-state index in [1.807, 2.05) is 0 Å². The summed E-state index contributed by atoms with van der Waals surface area (Å²) in [5.41, 5.74) is 1.83. The van der Waals surface area contributed by atoms with Crippen LogP contribution in [0.4, 0.5) is 0 Å². The van der Waals surface area contributed by atoms with Crippen molar-refractivity contribution in [2.45, 2.75) is 149 Å². The molecule has 0 saturated heterocycles. The van der Waals surface area contributed by atoms with Crippen molar-refractivity contribution in [2.24, 2.45) is 34.5 Å². The topological polar surface area (TPSA) is 6.48 Å². The number of rotatable bonds is 14. The van der Waals surface area contributed by atoms with Crippen molar-refractivity contribution in [2.75, 3.05) is 27.2 Å².